The first kappa shape index (κ1) is 22.9. The molecule has 0 saturated heterocycles. The molecule has 0 atom stereocenters. The lowest BCUT2D eigenvalue weighted by Gasteiger charge is -2.06. The molecule has 0 unspecified atom stereocenters. The lowest BCUT2D eigenvalue weighted by molar-refractivity contribution is -0.112. The molecule has 1 aromatic heterocycles. The van der Waals surface area contributed by atoms with Crippen LogP contribution in [0.3, 0.4) is 0 Å². The number of nitriles is 1. The molecule has 1 amide bonds. The van der Waals surface area contributed by atoms with Crippen molar-refractivity contribution < 1.29 is 13.9 Å². The summed E-state index contributed by atoms with van der Waals surface area (Å²) in [6.07, 6.45) is 3.75. The average molecular weight is 470 g/mol. The molecule has 1 heterocycles. The van der Waals surface area contributed by atoms with Crippen LogP contribution in [0.25, 0.3) is 6.08 Å². The van der Waals surface area contributed by atoms with Crippen LogP contribution in [0.5, 0.6) is 5.75 Å². The van der Waals surface area contributed by atoms with Gasteiger partial charge in [-0.25, -0.2) is 9.37 Å². The third-order valence-electron chi connectivity index (χ3n) is 4.87. The molecule has 7 heteroatoms. The zero-order valence-electron chi connectivity index (χ0n) is 18.1. The standard InChI is InChI=1S/C27H20FN3O2S/c28-23-10-6-20(7-11-23)15-25-17-30-27(34-25)31-26(32)22(16-29)14-19-8-12-24(13-9-19)33-18-21-4-2-1-3-5-21/h1-14,17H,15,18H2,(H,30,31,32)/b22-14+. The first-order chi connectivity index (χ1) is 16.6. The largest absolute Gasteiger partial charge is 0.489 e. The predicted octanol–water partition coefficient (Wildman–Crippen LogP) is 6.00. The predicted molar refractivity (Wildman–Crippen MR) is 131 cm³/mol. The Labute approximate surface area is 200 Å². The minimum atomic E-state index is -0.533. The van der Waals surface area contributed by atoms with Gasteiger partial charge in [-0.1, -0.05) is 54.6 Å². The van der Waals surface area contributed by atoms with Crippen LogP contribution in [0.15, 0.2) is 90.6 Å². The number of halogens is 1. The Kier molecular flexibility index (Phi) is 7.43. The summed E-state index contributed by atoms with van der Waals surface area (Å²) in [7, 11) is 0. The van der Waals surface area contributed by atoms with Crippen LogP contribution in [0.2, 0.25) is 0 Å². The Morgan fingerprint density at radius 1 is 1.03 bits per heavy atom. The van der Waals surface area contributed by atoms with Crippen molar-refractivity contribution in [3.8, 4) is 11.8 Å². The number of nitrogens with one attached hydrogen (secondary N) is 1. The Morgan fingerprint density at radius 3 is 2.47 bits per heavy atom. The molecule has 4 rings (SSSR count). The lowest BCUT2D eigenvalue weighted by atomic mass is 10.1. The molecule has 0 aliphatic rings. The molecule has 0 spiro atoms. The van der Waals surface area contributed by atoms with E-state index in [4.69, 9.17) is 4.74 Å². The third kappa shape index (κ3) is 6.37. The molecule has 4 aromatic rings. The molecule has 0 fully saturated rings. The van der Waals surface area contributed by atoms with E-state index in [-0.39, 0.29) is 11.4 Å². The first-order valence-electron chi connectivity index (χ1n) is 10.5. The SMILES string of the molecule is N#C/C(=C\c1ccc(OCc2ccccc2)cc1)C(=O)Nc1ncc(Cc2ccc(F)cc2)s1. The van der Waals surface area contributed by atoms with E-state index >= 15 is 0 Å². The van der Waals surface area contributed by atoms with Crippen LogP contribution in [0.1, 0.15) is 21.6 Å². The van der Waals surface area contributed by atoms with Crippen LogP contribution >= 0.6 is 11.3 Å². The molecule has 0 saturated carbocycles. The summed E-state index contributed by atoms with van der Waals surface area (Å²) in [6.45, 7) is 0.457. The van der Waals surface area contributed by atoms with Crippen LogP contribution in [0, 0.1) is 17.1 Å². The van der Waals surface area contributed by atoms with Crippen molar-refractivity contribution in [3.63, 3.8) is 0 Å². The highest BCUT2D eigenvalue weighted by molar-refractivity contribution is 7.15. The number of rotatable bonds is 8. The Bertz CT molecular complexity index is 1330. The molecule has 5 nitrogen and oxygen atoms in total. The van der Waals surface area contributed by atoms with Gasteiger partial charge in [0.25, 0.3) is 5.91 Å². The Morgan fingerprint density at radius 2 is 1.76 bits per heavy atom. The first-order valence-corrected chi connectivity index (χ1v) is 11.3. The van der Waals surface area contributed by atoms with Gasteiger partial charge in [-0.2, -0.15) is 5.26 Å². The van der Waals surface area contributed by atoms with Crippen LogP contribution in [-0.4, -0.2) is 10.9 Å². The van der Waals surface area contributed by atoms with E-state index in [2.05, 4.69) is 10.3 Å². The summed E-state index contributed by atoms with van der Waals surface area (Å²) in [5.41, 5.74) is 2.68. The number of carbonyl (C=O) groups is 1. The lowest BCUT2D eigenvalue weighted by Crippen LogP contribution is -2.13. The fraction of sp³-hybridized carbons (Fsp3) is 0.0741. The average Bonchev–Trinajstić information content (AvgIpc) is 3.30. The minimum Gasteiger partial charge on any atom is -0.489 e. The molecule has 0 bridgehead atoms. The number of aromatic nitrogens is 1. The number of hydrogen-bond acceptors (Lipinski definition) is 5. The summed E-state index contributed by atoms with van der Waals surface area (Å²) in [4.78, 5) is 17.7. The van der Waals surface area contributed by atoms with Gasteiger partial charge in [-0.3, -0.25) is 10.1 Å². The summed E-state index contributed by atoms with van der Waals surface area (Å²) in [5.74, 6) is -0.124. The minimum absolute atomic E-state index is 0.0340. The van der Waals surface area contributed by atoms with Gasteiger partial charge in [-0.15, -0.1) is 11.3 Å². The van der Waals surface area contributed by atoms with Crippen molar-refractivity contribution in [1.29, 1.82) is 5.26 Å². The number of anilines is 1. The van der Waals surface area contributed by atoms with E-state index in [1.807, 2.05) is 36.4 Å². The second kappa shape index (κ2) is 11.0. The number of carbonyl (C=O) groups excluding carboxylic acids is 1. The fourth-order valence-electron chi connectivity index (χ4n) is 3.13. The van der Waals surface area contributed by atoms with Crippen LogP contribution < -0.4 is 10.1 Å². The quantitative estimate of drug-likeness (QED) is 0.254. The molecule has 0 aliphatic carbocycles. The van der Waals surface area contributed by atoms with Crippen molar-refractivity contribution >= 4 is 28.5 Å². The van der Waals surface area contributed by atoms with E-state index in [1.54, 1.807) is 42.6 Å². The summed E-state index contributed by atoms with van der Waals surface area (Å²) < 4.78 is 18.8. The summed E-state index contributed by atoms with van der Waals surface area (Å²) in [6, 6.07) is 25.2. The Hall–Kier alpha value is -4.28. The monoisotopic (exact) mass is 469 g/mol. The highest BCUT2D eigenvalue weighted by Gasteiger charge is 2.12. The molecular weight excluding hydrogens is 449 g/mol. The van der Waals surface area contributed by atoms with Gasteiger partial charge in [0, 0.05) is 17.5 Å². The number of ether oxygens (including phenoxy) is 1. The molecule has 0 aliphatic heterocycles. The number of thiazole rings is 1. The van der Waals surface area contributed by atoms with E-state index < -0.39 is 5.91 Å². The van der Waals surface area contributed by atoms with E-state index in [0.29, 0.717) is 29.5 Å². The number of hydrogen-bond donors (Lipinski definition) is 1. The van der Waals surface area contributed by atoms with Gasteiger partial charge in [-0.05, 0) is 47.0 Å². The van der Waals surface area contributed by atoms with Gasteiger partial charge in [0.2, 0.25) is 0 Å². The van der Waals surface area contributed by atoms with Gasteiger partial charge < -0.3 is 4.74 Å². The van der Waals surface area contributed by atoms with Crippen molar-refractivity contribution in [1.82, 2.24) is 4.98 Å². The van der Waals surface area contributed by atoms with Crippen molar-refractivity contribution in [2.45, 2.75) is 13.0 Å². The number of amides is 1. The van der Waals surface area contributed by atoms with Crippen molar-refractivity contribution in [2.75, 3.05) is 5.32 Å². The normalized spacial score (nSPS) is 11.0. The maximum atomic E-state index is 13.1. The van der Waals surface area contributed by atoms with Crippen LogP contribution in [0.4, 0.5) is 9.52 Å². The zero-order chi connectivity index (χ0) is 23.8. The van der Waals surface area contributed by atoms with Gasteiger partial charge >= 0.3 is 0 Å². The smallest absolute Gasteiger partial charge is 0.268 e. The molecular formula is C27H20FN3O2S. The van der Waals surface area contributed by atoms with E-state index in [9.17, 15) is 14.4 Å². The maximum absolute atomic E-state index is 13.1. The second-order valence-corrected chi connectivity index (χ2v) is 8.52. The van der Waals surface area contributed by atoms with Gasteiger partial charge in [0.1, 0.15) is 29.8 Å². The highest BCUT2D eigenvalue weighted by Crippen LogP contribution is 2.22. The molecule has 3 aromatic carbocycles. The van der Waals surface area contributed by atoms with Crippen molar-refractivity contribution in [2.24, 2.45) is 0 Å². The summed E-state index contributed by atoms with van der Waals surface area (Å²) >= 11 is 1.31. The molecule has 0 radical (unpaired) electrons. The van der Waals surface area contributed by atoms with Crippen LogP contribution in [-0.2, 0) is 17.8 Å². The Balaban J connectivity index is 1.35. The fourth-order valence-corrected chi connectivity index (χ4v) is 3.97. The van der Waals surface area contributed by atoms with E-state index in [1.165, 1.54) is 29.5 Å². The number of benzene rings is 3. The highest BCUT2D eigenvalue weighted by atomic mass is 32.1. The zero-order valence-corrected chi connectivity index (χ0v) is 18.9. The van der Waals surface area contributed by atoms with E-state index in [0.717, 1.165) is 16.0 Å². The molecule has 168 valence electrons. The molecule has 34 heavy (non-hydrogen) atoms. The third-order valence-corrected chi connectivity index (χ3v) is 5.78. The second-order valence-electron chi connectivity index (χ2n) is 7.40. The van der Waals surface area contributed by atoms with Gasteiger partial charge in [0.05, 0.1) is 0 Å². The topological polar surface area (TPSA) is 75.0 Å². The van der Waals surface area contributed by atoms with Crippen molar-refractivity contribution in [3.05, 3.63) is 118 Å². The maximum Gasteiger partial charge on any atom is 0.268 e. The molecule has 1 N–H and O–H groups in total. The number of nitrogens with zero attached hydrogens (tertiary/aromatic N) is 2. The van der Waals surface area contributed by atoms with Gasteiger partial charge in [0.15, 0.2) is 5.13 Å². The summed E-state index contributed by atoms with van der Waals surface area (Å²) in [5, 5.41) is 12.5.